The highest BCUT2D eigenvalue weighted by molar-refractivity contribution is 5.72. The van der Waals surface area contributed by atoms with E-state index in [0.29, 0.717) is 18.8 Å². The lowest BCUT2D eigenvalue weighted by molar-refractivity contribution is -0.149. The lowest BCUT2D eigenvalue weighted by Gasteiger charge is -2.17. The van der Waals surface area contributed by atoms with Crippen molar-refractivity contribution in [3.8, 4) is 0 Å². The van der Waals surface area contributed by atoms with E-state index in [4.69, 9.17) is 9.47 Å². The summed E-state index contributed by atoms with van der Waals surface area (Å²) in [5, 5.41) is 0. The zero-order valence-electron chi connectivity index (χ0n) is 14.1. The van der Waals surface area contributed by atoms with Gasteiger partial charge in [0.25, 0.3) is 0 Å². The van der Waals surface area contributed by atoms with Gasteiger partial charge in [0, 0.05) is 0 Å². The van der Waals surface area contributed by atoms with Crippen LogP contribution in [-0.2, 0) is 14.3 Å². The van der Waals surface area contributed by atoms with E-state index in [1.807, 2.05) is 27.7 Å². The van der Waals surface area contributed by atoms with Gasteiger partial charge in [-0.2, -0.15) is 0 Å². The van der Waals surface area contributed by atoms with Crippen LogP contribution in [0.15, 0.2) is 0 Å². The summed E-state index contributed by atoms with van der Waals surface area (Å²) in [6, 6.07) is 0. The van der Waals surface area contributed by atoms with Crippen LogP contribution in [0.1, 0.15) is 79.6 Å². The summed E-state index contributed by atoms with van der Waals surface area (Å²) in [5.74, 6) is 0.111. The molecule has 0 aromatic carbocycles. The molecule has 1 saturated heterocycles. The van der Waals surface area contributed by atoms with Crippen molar-refractivity contribution < 1.29 is 14.3 Å². The van der Waals surface area contributed by atoms with Gasteiger partial charge in [-0.15, -0.1) is 0 Å². The molecule has 2 fully saturated rings. The van der Waals surface area contributed by atoms with Crippen molar-refractivity contribution >= 4 is 5.97 Å². The molecular weight excluding hydrogens is 252 g/mol. The molecule has 120 valence electrons. The normalized spacial score (nSPS) is 26.1. The quantitative estimate of drug-likeness (QED) is 0.402. The Hall–Kier alpha value is -0.570. The highest BCUT2D eigenvalue weighted by atomic mass is 16.6. The smallest absolute Gasteiger partial charge is 0.309 e. The van der Waals surface area contributed by atoms with Crippen LogP contribution in [0.2, 0.25) is 0 Å². The Balaban J connectivity index is 0.000000829. The minimum atomic E-state index is 0.00504. The molecule has 1 aliphatic carbocycles. The van der Waals surface area contributed by atoms with Crippen LogP contribution in [0.3, 0.4) is 0 Å². The average molecular weight is 286 g/mol. The molecule has 3 unspecified atom stereocenters. The monoisotopic (exact) mass is 286 g/mol. The molecular formula is C17H34O3. The number of unbranched alkanes of at least 4 members (excludes halogenated alkanes) is 3. The van der Waals surface area contributed by atoms with Gasteiger partial charge in [0.05, 0.1) is 24.7 Å². The van der Waals surface area contributed by atoms with E-state index >= 15 is 0 Å². The SMILES string of the molecule is CC.CC.CCCCCCOC(=O)C1CCC2OC2C1. The summed E-state index contributed by atoms with van der Waals surface area (Å²) in [5.41, 5.74) is 0. The van der Waals surface area contributed by atoms with Gasteiger partial charge in [-0.3, -0.25) is 4.79 Å². The Morgan fingerprint density at radius 1 is 1.05 bits per heavy atom. The third-order valence-corrected chi connectivity index (χ3v) is 3.58. The molecule has 2 rings (SSSR count). The predicted octanol–water partition coefficient (Wildman–Crippen LogP) is 4.73. The van der Waals surface area contributed by atoms with Crippen molar-refractivity contribution in [3.05, 3.63) is 0 Å². The van der Waals surface area contributed by atoms with Gasteiger partial charge < -0.3 is 9.47 Å². The van der Waals surface area contributed by atoms with E-state index in [2.05, 4.69) is 6.92 Å². The fourth-order valence-electron chi connectivity index (χ4n) is 2.44. The molecule has 3 heteroatoms. The molecule has 0 aromatic heterocycles. The number of carbonyl (C=O) groups excluding carboxylic acids is 1. The van der Waals surface area contributed by atoms with Crippen LogP contribution in [0.25, 0.3) is 0 Å². The standard InChI is InChI=1S/C13H22O3.2C2H6/c1-2-3-4-5-8-15-13(14)10-6-7-11-12(9-10)16-11;2*1-2/h10-12H,2-9H2,1H3;2*1-2H3. The highest BCUT2D eigenvalue weighted by Gasteiger charge is 2.46. The minimum Gasteiger partial charge on any atom is -0.465 e. The van der Waals surface area contributed by atoms with Crippen LogP contribution in [-0.4, -0.2) is 24.8 Å². The molecule has 0 bridgehead atoms. The fraction of sp³-hybridized carbons (Fsp3) is 0.941. The predicted molar refractivity (Wildman–Crippen MR) is 83.8 cm³/mol. The zero-order valence-corrected chi connectivity index (χ0v) is 14.1. The zero-order chi connectivity index (χ0) is 15.4. The molecule has 20 heavy (non-hydrogen) atoms. The first-order valence-electron chi connectivity index (χ1n) is 8.63. The Morgan fingerprint density at radius 2 is 1.75 bits per heavy atom. The van der Waals surface area contributed by atoms with Crippen molar-refractivity contribution in [1.29, 1.82) is 0 Å². The van der Waals surface area contributed by atoms with E-state index in [1.54, 1.807) is 0 Å². The molecule has 0 radical (unpaired) electrons. The third-order valence-electron chi connectivity index (χ3n) is 3.58. The molecule has 0 aromatic rings. The maximum Gasteiger partial charge on any atom is 0.309 e. The van der Waals surface area contributed by atoms with E-state index in [-0.39, 0.29) is 11.9 Å². The first-order chi connectivity index (χ1) is 9.81. The molecule has 2 aliphatic rings. The van der Waals surface area contributed by atoms with Crippen LogP contribution >= 0.6 is 0 Å². The number of hydrogen-bond donors (Lipinski definition) is 0. The first kappa shape index (κ1) is 19.4. The lowest BCUT2D eigenvalue weighted by Crippen LogP contribution is -2.24. The van der Waals surface area contributed by atoms with Crippen molar-refractivity contribution in [3.63, 3.8) is 0 Å². The summed E-state index contributed by atoms with van der Waals surface area (Å²) in [4.78, 5) is 11.7. The van der Waals surface area contributed by atoms with Crippen molar-refractivity contribution in [1.82, 2.24) is 0 Å². The number of ether oxygens (including phenoxy) is 2. The van der Waals surface area contributed by atoms with Gasteiger partial charge in [-0.05, 0) is 25.7 Å². The van der Waals surface area contributed by atoms with E-state index in [1.165, 1.54) is 19.3 Å². The van der Waals surface area contributed by atoms with Crippen LogP contribution in [0.4, 0.5) is 0 Å². The first-order valence-corrected chi connectivity index (χ1v) is 8.63. The maximum atomic E-state index is 11.7. The van der Waals surface area contributed by atoms with Gasteiger partial charge in [0.2, 0.25) is 0 Å². The van der Waals surface area contributed by atoms with Crippen molar-refractivity contribution in [2.75, 3.05) is 6.61 Å². The second-order valence-corrected chi connectivity index (χ2v) is 4.95. The number of carbonyl (C=O) groups is 1. The summed E-state index contributed by atoms with van der Waals surface area (Å²) in [6.07, 6.45) is 8.35. The van der Waals surface area contributed by atoms with Gasteiger partial charge in [-0.1, -0.05) is 53.9 Å². The third kappa shape index (κ3) is 7.28. The van der Waals surface area contributed by atoms with Gasteiger partial charge >= 0.3 is 5.97 Å². The Labute approximate surface area is 125 Å². The van der Waals surface area contributed by atoms with Gasteiger partial charge in [0.15, 0.2) is 0 Å². The molecule has 3 atom stereocenters. The second-order valence-electron chi connectivity index (χ2n) is 4.95. The number of epoxide rings is 1. The van der Waals surface area contributed by atoms with Crippen molar-refractivity contribution in [2.24, 2.45) is 5.92 Å². The Kier molecular flexibility index (Phi) is 11.8. The summed E-state index contributed by atoms with van der Waals surface area (Å²) < 4.78 is 10.7. The molecule has 0 amide bonds. The second kappa shape index (κ2) is 12.2. The summed E-state index contributed by atoms with van der Waals surface area (Å²) >= 11 is 0. The van der Waals surface area contributed by atoms with Crippen LogP contribution in [0.5, 0.6) is 0 Å². The molecule has 1 saturated carbocycles. The Morgan fingerprint density at radius 3 is 2.35 bits per heavy atom. The van der Waals surface area contributed by atoms with Crippen LogP contribution in [0, 0.1) is 5.92 Å². The fourth-order valence-corrected chi connectivity index (χ4v) is 2.44. The largest absolute Gasteiger partial charge is 0.465 e. The topological polar surface area (TPSA) is 38.8 Å². The number of hydrogen-bond acceptors (Lipinski definition) is 3. The van der Waals surface area contributed by atoms with E-state index in [0.717, 1.165) is 25.7 Å². The number of esters is 1. The molecule has 1 heterocycles. The van der Waals surface area contributed by atoms with E-state index in [9.17, 15) is 4.79 Å². The molecule has 0 N–H and O–H groups in total. The minimum absolute atomic E-state index is 0.00504. The Bertz CT molecular complexity index is 240. The van der Waals surface area contributed by atoms with Crippen molar-refractivity contribution in [2.45, 2.75) is 91.8 Å². The van der Waals surface area contributed by atoms with E-state index < -0.39 is 0 Å². The molecule has 0 spiro atoms. The number of fused-ring (bicyclic) bond motifs is 1. The number of rotatable bonds is 6. The maximum absolute atomic E-state index is 11.7. The van der Waals surface area contributed by atoms with Crippen LogP contribution < -0.4 is 0 Å². The lowest BCUT2D eigenvalue weighted by atomic mass is 9.89. The molecule has 1 aliphatic heterocycles. The average Bonchev–Trinajstić information content (AvgIpc) is 3.29. The highest BCUT2D eigenvalue weighted by Crippen LogP contribution is 2.39. The molecule has 3 nitrogen and oxygen atoms in total. The summed E-state index contributed by atoms with van der Waals surface area (Å²) in [7, 11) is 0. The summed E-state index contributed by atoms with van der Waals surface area (Å²) in [6.45, 7) is 10.8. The van der Waals surface area contributed by atoms with Gasteiger partial charge in [-0.25, -0.2) is 0 Å². The van der Waals surface area contributed by atoms with Gasteiger partial charge in [0.1, 0.15) is 0 Å².